The van der Waals surface area contributed by atoms with E-state index in [0.29, 0.717) is 0 Å². The lowest BCUT2D eigenvalue weighted by atomic mass is 9.78. The molecular formula is C16H18O8. The van der Waals surface area contributed by atoms with Gasteiger partial charge < -0.3 is 18.9 Å². The van der Waals surface area contributed by atoms with Crippen LogP contribution < -0.4 is 0 Å². The Bertz CT molecular complexity index is 653. The SMILES string of the molecule is C=CC1CC(C(=O)OC)=C(C(=O)OC)C(C(=O)OC)=C1C(=O)OC. The van der Waals surface area contributed by atoms with E-state index in [2.05, 4.69) is 25.5 Å². The van der Waals surface area contributed by atoms with Crippen molar-refractivity contribution < 1.29 is 38.1 Å². The van der Waals surface area contributed by atoms with Crippen LogP contribution in [0.5, 0.6) is 0 Å². The number of esters is 4. The standard InChI is InChI=1S/C16H18O8/c1-6-8-7-9(13(17)21-2)11(15(19)23-4)12(16(20)24-5)10(8)14(18)22-3/h6,8H,1,7H2,2-5H3. The molecule has 0 saturated heterocycles. The van der Waals surface area contributed by atoms with Crippen molar-refractivity contribution in [3.8, 4) is 0 Å². The maximum atomic E-state index is 12.2. The summed E-state index contributed by atoms with van der Waals surface area (Å²) in [6, 6.07) is 0. The van der Waals surface area contributed by atoms with Crippen molar-refractivity contribution in [3.05, 3.63) is 34.9 Å². The van der Waals surface area contributed by atoms with Gasteiger partial charge in [-0.3, -0.25) is 0 Å². The van der Waals surface area contributed by atoms with Gasteiger partial charge in [-0.1, -0.05) is 6.08 Å². The number of carbonyl (C=O) groups is 4. The average molecular weight is 338 g/mol. The van der Waals surface area contributed by atoms with Crippen LogP contribution >= 0.6 is 0 Å². The van der Waals surface area contributed by atoms with Crippen molar-refractivity contribution >= 4 is 23.9 Å². The first-order valence-corrected chi connectivity index (χ1v) is 6.81. The Kier molecular flexibility index (Phi) is 6.46. The van der Waals surface area contributed by atoms with Crippen LogP contribution in [0.15, 0.2) is 34.9 Å². The summed E-state index contributed by atoms with van der Waals surface area (Å²) in [6.07, 6.45) is 1.29. The molecule has 0 aromatic heterocycles. The van der Waals surface area contributed by atoms with Gasteiger partial charge in [0.2, 0.25) is 0 Å². The van der Waals surface area contributed by atoms with Crippen LogP contribution in [0.4, 0.5) is 0 Å². The van der Waals surface area contributed by atoms with Gasteiger partial charge in [0.15, 0.2) is 0 Å². The molecule has 130 valence electrons. The molecular weight excluding hydrogens is 320 g/mol. The molecule has 1 aliphatic rings. The summed E-state index contributed by atoms with van der Waals surface area (Å²) in [5.41, 5.74) is -1.02. The predicted octanol–water partition coefficient (Wildman–Crippen LogP) is 0.477. The van der Waals surface area contributed by atoms with E-state index in [9.17, 15) is 19.2 Å². The first-order chi connectivity index (χ1) is 11.4. The molecule has 0 N–H and O–H groups in total. The predicted molar refractivity (Wildman–Crippen MR) is 80.4 cm³/mol. The van der Waals surface area contributed by atoms with Gasteiger partial charge in [-0.2, -0.15) is 0 Å². The van der Waals surface area contributed by atoms with Crippen molar-refractivity contribution in [2.75, 3.05) is 28.4 Å². The van der Waals surface area contributed by atoms with Crippen LogP contribution in [0.25, 0.3) is 0 Å². The van der Waals surface area contributed by atoms with Gasteiger partial charge in [-0.25, -0.2) is 19.2 Å². The van der Waals surface area contributed by atoms with Crippen molar-refractivity contribution in [1.29, 1.82) is 0 Å². The summed E-state index contributed by atoms with van der Waals surface area (Å²) in [4.78, 5) is 48.6. The minimum atomic E-state index is -0.983. The highest BCUT2D eigenvalue weighted by molar-refractivity contribution is 6.16. The first kappa shape index (κ1) is 19.1. The Morgan fingerprint density at radius 2 is 1.29 bits per heavy atom. The van der Waals surface area contributed by atoms with Crippen LogP contribution in [0.1, 0.15) is 6.42 Å². The molecule has 8 nitrogen and oxygen atoms in total. The lowest BCUT2D eigenvalue weighted by Gasteiger charge is -2.26. The second-order valence-corrected chi connectivity index (χ2v) is 4.65. The number of carbonyl (C=O) groups excluding carboxylic acids is 4. The average Bonchev–Trinajstić information content (AvgIpc) is 2.63. The second-order valence-electron chi connectivity index (χ2n) is 4.65. The zero-order valence-corrected chi connectivity index (χ0v) is 13.8. The highest BCUT2D eigenvalue weighted by atomic mass is 16.5. The Labute approximate surface area is 138 Å². The Hall–Kier alpha value is -2.90. The summed E-state index contributed by atoms with van der Waals surface area (Å²) < 4.78 is 18.7. The quantitative estimate of drug-likeness (QED) is 0.405. The number of allylic oxidation sites excluding steroid dienone is 1. The van der Waals surface area contributed by atoms with Gasteiger partial charge in [0.05, 0.1) is 50.7 Å². The molecule has 24 heavy (non-hydrogen) atoms. The molecule has 0 spiro atoms. The third kappa shape index (κ3) is 3.37. The zero-order chi connectivity index (χ0) is 18.4. The van der Waals surface area contributed by atoms with Gasteiger partial charge in [-0.15, -0.1) is 6.58 Å². The topological polar surface area (TPSA) is 105 Å². The normalized spacial score (nSPS) is 17.1. The van der Waals surface area contributed by atoms with Crippen molar-refractivity contribution in [1.82, 2.24) is 0 Å². The smallest absolute Gasteiger partial charge is 0.339 e. The van der Waals surface area contributed by atoms with E-state index >= 15 is 0 Å². The first-order valence-electron chi connectivity index (χ1n) is 6.81. The Morgan fingerprint density at radius 3 is 1.71 bits per heavy atom. The molecule has 0 amide bonds. The van der Waals surface area contributed by atoms with Gasteiger partial charge in [-0.05, 0) is 6.42 Å². The molecule has 8 heteroatoms. The van der Waals surface area contributed by atoms with E-state index in [0.717, 1.165) is 28.4 Å². The molecule has 0 radical (unpaired) electrons. The van der Waals surface area contributed by atoms with E-state index in [1.165, 1.54) is 6.08 Å². The molecule has 1 unspecified atom stereocenters. The van der Waals surface area contributed by atoms with E-state index in [4.69, 9.17) is 0 Å². The molecule has 1 aliphatic carbocycles. The summed E-state index contributed by atoms with van der Waals surface area (Å²) in [5, 5.41) is 0. The van der Waals surface area contributed by atoms with Crippen molar-refractivity contribution in [3.63, 3.8) is 0 Å². The zero-order valence-electron chi connectivity index (χ0n) is 13.8. The van der Waals surface area contributed by atoms with Crippen molar-refractivity contribution in [2.24, 2.45) is 5.92 Å². The minimum absolute atomic E-state index is 0.0778. The van der Waals surface area contributed by atoms with Crippen LogP contribution in [0.2, 0.25) is 0 Å². The molecule has 0 saturated carbocycles. The number of ether oxygens (including phenoxy) is 4. The molecule has 0 aromatic carbocycles. The highest BCUT2D eigenvalue weighted by Gasteiger charge is 2.41. The highest BCUT2D eigenvalue weighted by Crippen LogP contribution is 2.37. The Balaban J connectivity index is 3.87. The maximum absolute atomic E-state index is 12.2. The van der Waals surface area contributed by atoms with Crippen LogP contribution in [-0.2, 0) is 38.1 Å². The van der Waals surface area contributed by atoms with E-state index < -0.39 is 35.4 Å². The molecule has 1 rings (SSSR count). The van der Waals surface area contributed by atoms with Crippen molar-refractivity contribution in [2.45, 2.75) is 6.42 Å². The molecule has 0 aliphatic heterocycles. The Morgan fingerprint density at radius 1 is 0.833 bits per heavy atom. The summed E-state index contributed by atoms with van der Waals surface area (Å²) in [7, 11) is 4.41. The molecule has 0 aromatic rings. The maximum Gasteiger partial charge on any atom is 0.339 e. The molecule has 0 bridgehead atoms. The lowest BCUT2D eigenvalue weighted by Crippen LogP contribution is -2.31. The van der Waals surface area contributed by atoms with Gasteiger partial charge in [0.1, 0.15) is 0 Å². The molecule has 0 fully saturated rings. The molecule has 0 heterocycles. The monoisotopic (exact) mass is 338 g/mol. The van der Waals surface area contributed by atoms with E-state index in [1.807, 2.05) is 0 Å². The largest absolute Gasteiger partial charge is 0.466 e. The fraction of sp³-hybridized carbons (Fsp3) is 0.375. The third-order valence-electron chi connectivity index (χ3n) is 3.52. The second kappa shape index (κ2) is 8.09. The van der Waals surface area contributed by atoms with Gasteiger partial charge >= 0.3 is 23.9 Å². The van der Waals surface area contributed by atoms with Gasteiger partial charge in [0, 0.05) is 5.92 Å². The van der Waals surface area contributed by atoms with Crippen LogP contribution in [0, 0.1) is 5.92 Å². The third-order valence-corrected chi connectivity index (χ3v) is 3.52. The number of methoxy groups -OCH3 is 4. The molecule has 1 atom stereocenters. The summed E-state index contributed by atoms with van der Waals surface area (Å²) in [6.45, 7) is 3.60. The van der Waals surface area contributed by atoms with E-state index in [-0.39, 0.29) is 23.1 Å². The number of rotatable bonds is 5. The number of hydrogen-bond donors (Lipinski definition) is 0. The number of hydrogen-bond acceptors (Lipinski definition) is 8. The lowest BCUT2D eigenvalue weighted by molar-refractivity contribution is -0.142. The van der Waals surface area contributed by atoms with Gasteiger partial charge in [0.25, 0.3) is 0 Å². The fourth-order valence-electron chi connectivity index (χ4n) is 2.41. The minimum Gasteiger partial charge on any atom is -0.466 e. The van der Waals surface area contributed by atoms with Crippen LogP contribution in [-0.4, -0.2) is 52.3 Å². The summed E-state index contributed by atoms with van der Waals surface area (Å²) in [5.74, 6) is -4.37. The van der Waals surface area contributed by atoms with Crippen LogP contribution in [0.3, 0.4) is 0 Å². The fourth-order valence-corrected chi connectivity index (χ4v) is 2.41. The van der Waals surface area contributed by atoms with E-state index in [1.54, 1.807) is 0 Å². The summed E-state index contributed by atoms with van der Waals surface area (Å²) >= 11 is 0.